The van der Waals surface area contributed by atoms with Gasteiger partial charge in [0, 0.05) is 6.54 Å². The second-order valence-electron chi connectivity index (χ2n) is 3.73. The SMILES string of the molecule is CCCNC(=O)c1c(C)cc(C)cc1O. The predicted octanol–water partition coefficient (Wildman–Crippen LogP) is 2.15. The monoisotopic (exact) mass is 207 g/mol. The average Bonchev–Trinajstić information content (AvgIpc) is 2.12. The highest BCUT2D eigenvalue weighted by molar-refractivity contribution is 5.98. The summed E-state index contributed by atoms with van der Waals surface area (Å²) in [5, 5.41) is 12.4. The molecule has 0 aliphatic heterocycles. The molecule has 0 heterocycles. The Morgan fingerprint density at radius 1 is 1.40 bits per heavy atom. The summed E-state index contributed by atoms with van der Waals surface area (Å²) in [7, 11) is 0. The fourth-order valence-electron chi connectivity index (χ4n) is 1.57. The van der Waals surface area contributed by atoms with Crippen LogP contribution in [0.1, 0.15) is 34.8 Å². The predicted molar refractivity (Wildman–Crippen MR) is 60.2 cm³/mol. The number of phenols is 1. The first-order chi connectivity index (χ1) is 7.06. The molecule has 0 spiro atoms. The van der Waals surface area contributed by atoms with E-state index in [1.165, 1.54) is 0 Å². The molecule has 3 nitrogen and oxygen atoms in total. The smallest absolute Gasteiger partial charge is 0.255 e. The Morgan fingerprint density at radius 3 is 2.60 bits per heavy atom. The minimum absolute atomic E-state index is 0.0566. The van der Waals surface area contributed by atoms with Gasteiger partial charge in [-0.2, -0.15) is 0 Å². The summed E-state index contributed by atoms with van der Waals surface area (Å²) in [4.78, 5) is 11.7. The molecule has 0 saturated heterocycles. The molecule has 0 aliphatic rings. The zero-order chi connectivity index (χ0) is 11.4. The molecule has 1 rings (SSSR count). The molecule has 0 atom stereocenters. The summed E-state index contributed by atoms with van der Waals surface area (Å²) in [5.41, 5.74) is 2.15. The molecule has 1 aromatic carbocycles. The first kappa shape index (κ1) is 11.6. The summed E-state index contributed by atoms with van der Waals surface area (Å²) in [6, 6.07) is 3.49. The Bertz CT molecular complexity index is 349. The van der Waals surface area contributed by atoms with E-state index < -0.39 is 0 Å². The molecule has 0 fully saturated rings. The van der Waals surface area contributed by atoms with E-state index in [9.17, 15) is 9.90 Å². The first-order valence-electron chi connectivity index (χ1n) is 5.14. The average molecular weight is 207 g/mol. The quantitative estimate of drug-likeness (QED) is 0.797. The molecule has 3 heteroatoms. The Balaban J connectivity index is 2.98. The van der Waals surface area contributed by atoms with Crippen molar-refractivity contribution in [1.29, 1.82) is 0 Å². The minimum Gasteiger partial charge on any atom is -0.507 e. The number of aryl methyl sites for hydroxylation is 2. The van der Waals surface area contributed by atoms with E-state index >= 15 is 0 Å². The molecule has 15 heavy (non-hydrogen) atoms. The molecule has 0 aromatic heterocycles. The number of rotatable bonds is 3. The van der Waals surface area contributed by atoms with Gasteiger partial charge in [0.05, 0.1) is 5.56 Å². The second kappa shape index (κ2) is 4.82. The van der Waals surface area contributed by atoms with Crippen LogP contribution in [0, 0.1) is 13.8 Å². The van der Waals surface area contributed by atoms with E-state index in [1.54, 1.807) is 6.07 Å². The van der Waals surface area contributed by atoms with Gasteiger partial charge in [0.2, 0.25) is 0 Å². The molecule has 0 saturated carbocycles. The number of aromatic hydroxyl groups is 1. The Morgan fingerprint density at radius 2 is 2.07 bits per heavy atom. The zero-order valence-electron chi connectivity index (χ0n) is 9.42. The van der Waals surface area contributed by atoms with Crippen LogP contribution in [0.2, 0.25) is 0 Å². The van der Waals surface area contributed by atoms with Crippen LogP contribution < -0.4 is 5.32 Å². The summed E-state index contributed by atoms with van der Waals surface area (Å²) in [5.74, 6) is -0.145. The molecule has 0 bridgehead atoms. The van der Waals surface area contributed by atoms with Gasteiger partial charge in [-0.15, -0.1) is 0 Å². The van der Waals surface area contributed by atoms with Gasteiger partial charge in [0.1, 0.15) is 5.75 Å². The Labute approximate surface area is 90.1 Å². The first-order valence-corrected chi connectivity index (χ1v) is 5.14. The van der Waals surface area contributed by atoms with Crippen molar-refractivity contribution in [3.05, 3.63) is 28.8 Å². The molecule has 1 amide bonds. The number of amides is 1. The highest BCUT2D eigenvalue weighted by Crippen LogP contribution is 2.22. The summed E-state index contributed by atoms with van der Waals surface area (Å²) >= 11 is 0. The normalized spacial score (nSPS) is 10.1. The number of carbonyl (C=O) groups is 1. The number of benzene rings is 1. The third kappa shape index (κ3) is 2.72. The standard InChI is InChI=1S/C12H17NO2/c1-4-5-13-12(15)11-9(3)6-8(2)7-10(11)14/h6-7,14H,4-5H2,1-3H3,(H,13,15). The lowest BCUT2D eigenvalue weighted by Crippen LogP contribution is -2.24. The minimum atomic E-state index is -0.202. The largest absolute Gasteiger partial charge is 0.507 e. The molecule has 1 aromatic rings. The van der Waals surface area contributed by atoms with Crippen molar-refractivity contribution in [2.24, 2.45) is 0 Å². The van der Waals surface area contributed by atoms with Crippen molar-refractivity contribution in [3.8, 4) is 5.75 Å². The van der Waals surface area contributed by atoms with E-state index in [0.717, 1.165) is 17.5 Å². The van der Waals surface area contributed by atoms with Crippen LogP contribution in [-0.4, -0.2) is 17.6 Å². The van der Waals surface area contributed by atoms with Crippen LogP contribution >= 0.6 is 0 Å². The van der Waals surface area contributed by atoms with E-state index in [4.69, 9.17) is 0 Å². The van der Waals surface area contributed by atoms with Crippen molar-refractivity contribution in [1.82, 2.24) is 5.32 Å². The maximum atomic E-state index is 11.7. The molecular weight excluding hydrogens is 190 g/mol. The molecular formula is C12H17NO2. The van der Waals surface area contributed by atoms with E-state index in [0.29, 0.717) is 12.1 Å². The van der Waals surface area contributed by atoms with Gasteiger partial charge in [-0.3, -0.25) is 4.79 Å². The highest BCUT2D eigenvalue weighted by Gasteiger charge is 2.13. The van der Waals surface area contributed by atoms with Crippen molar-refractivity contribution in [2.45, 2.75) is 27.2 Å². The van der Waals surface area contributed by atoms with Gasteiger partial charge in [-0.1, -0.05) is 13.0 Å². The van der Waals surface area contributed by atoms with E-state index in [2.05, 4.69) is 5.32 Å². The number of hydrogen-bond acceptors (Lipinski definition) is 2. The fourth-order valence-corrected chi connectivity index (χ4v) is 1.57. The molecule has 82 valence electrons. The molecule has 0 unspecified atom stereocenters. The van der Waals surface area contributed by atoms with Crippen LogP contribution in [0.5, 0.6) is 5.75 Å². The third-order valence-electron chi connectivity index (χ3n) is 2.22. The third-order valence-corrected chi connectivity index (χ3v) is 2.22. The number of phenolic OH excluding ortho intramolecular Hbond substituents is 1. The maximum Gasteiger partial charge on any atom is 0.255 e. The van der Waals surface area contributed by atoms with Crippen LogP contribution in [0.15, 0.2) is 12.1 Å². The lowest BCUT2D eigenvalue weighted by atomic mass is 10.0. The second-order valence-corrected chi connectivity index (χ2v) is 3.73. The highest BCUT2D eigenvalue weighted by atomic mass is 16.3. The lowest BCUT2D eigenvalue weighted by molar-refractivity contribution is 0.0950. The Hall–Kier alpha value is -1.51. The number of carbonyl (C=O) groups excluding carboxylic acids is 1. The molecule has 0 radical (unpaired) electrons. The topological polar surface area (TPSA) is 49.3 Å². The van der Waals surface area contributed by atoms with E-state index in [1.807, 2.05) is 26.8 Å². The number of hydrogen-bond donors (Lipinski definition) is 2. The number of nitrogens with one attached hydrogen (secondary N) is 1. The van der Waals surface area contributed by atoms with Gasteiger partial charge in [-0.25, -0.2) is 0 Å². The van der Waals surface area contributed by atoms with Gasteiger partial charge >= 0.3 is 0 Å². The van der Waals surface area contributed by atoms with Crippen molar-refractivity contribution in [3.63, 3.8) is 0 Å². The van der Waals surface area contributed by atoms with Gasteiger partial charge in [0.15, 0.2) is 0 Å². The van der Waals surface area contributed by atoms with Gasteiger partial charge in [-0.05, 0) is 37.5 Å². The molecule has 2 N–H and O–H groups in total. The summed E-state index contributed by atoms with van der Waals surface area (Å²) in [6.45, 7) is 6.34. The van der Waals surface area contributed by atoms with Crippen LogP contribution in [0.4, 0.5) is 0 Å². The van der Waals surface area contributed by atoms with Crippen LogP contribution in [0.3, 0.4) is 0 Å². The van der Waals surface area contributed by atoms with E-state index in [-0.39, 0.29) is 11.7 Å². The Kier molecular flexibility index (Phi) is 3.72. The van der Waals surface area contributed by atoms with Crippen molar-refractivity contribution < 1.29 is 9.90 Å². The maximum absolute atomic E-state index is 11.7. The van der Waals surface area contributed by atoms with Crippen LogP contribution in [0.25, 0.3) is 0 Å². The van der Waals surface area contributed by atoms with Crippen molar-refractivity contribution in [2.75, 3.05) is 6.54 Å². The zero-order valence-corrected chi connectivity index (χ0v) is 9.42. The van der Waals surface area contributed by atoms with Crippen LogP contribution in [-0.2, 0) is 0 Å². The summed E-state index contributed by atoms with van der Waals surface area (Å²) in [6.07, 6.45) is 0.886. The molecule has 0 aliphatic carbocycles. The summed E-state index contributed by atoms with van der Waals surface area (Å²) < 4.78 is 0. The van der Waals surface area contributed by atoms with Gasteiger partial charge < -0.3 is 10.4 Å². The van der Waals surface area contributed by atoms with Gasteiger partial charge in [0.25, 0.3) is 5.91 Å². The van der Waals surface area contributed by atoms with Crippen molar-refractivity contribution >= 4 is 5.91 Å². The lowest BCUT2D eigenvalue weighted by Gasteiger charge is -2.09. The fraction of sp³-hybridized carbons (Fsp3) is 0.417.